The summed E-state index contributed by atoms with van der Waals surface area (Å²) >= 11 is 0. The largest absolute Gasteiger partial charge is 0.475 e. The van der Waals surface area contributed by atoms with Crippen LogP contribution in [-0.2, 0) is 4.74 Å². The Bertz CT molecular complexity index is 780. The number of benzene rings is 3. The average molecular weight is 299 g/mol. The predicted molar refractivity (Wildman–Crippen MR) is 94.7 cm³/mol. The summed E-state index contributed by atoms with van der Waals surface area (Å²) in [5.74, 6) is 0.753. The van der Waals surface area contributed by atoms with Gasteiger partial charge in [0.1, 0.15) is 6.61 Å². The van der Waals surface area contributed by atoms with E-state index in [0.29, 0.717) is 6.61 Å². The minimum Gasteiger partial charge on any atom is -0.475 e. The van der Waals surface area contributed by atoms with Gasteiger partial charge in [0.2, 0.25) is 5.90 Å². The lowest BCUT2D eigenvalue weighted by Crippen LogP contribution is -2.06. The zero-order chi connectivity index (χ0) is 15.5. The number of aliphatic imine (C=N–C) groups is 1. The fraction of sp³-hybridized carbons (Fsp3) is 0.0952. The summed E-state index contributed by atoms with van der Waals surface area (Å²) in [6.45, 7) is 1.39. The molecule has 0 saturated carbocycles. The van der Waals surface area contributed by atoms with E-state index in [9.17, 15) is 0 Å². The second kappa shape index (κ2) is 6.09. The van der Waals surface area contributed by atoms with Gasteiger partial charge in [0.25, 0.3) is 0 Å². The van der Waals surface area contributed by atoms with Crippen molar-refractivity contribution in [2.45, 2.75) is 0 Å². The summed E-state index contributed by atoms with van der Waals surface area (Å²) in [4.78, 5) is 4.57. The highest BCUT2D eigenvalue weighted by atomic mass is 16.5. The van der Waals surface area contributed by atoms with Gasteiger partial charge in [-0.25, -0.2) is 4.99 Å². The minimum atomic E-state index is 0.659. The van der Waals surface area contributed by atoms with E-state index in [-0.39, 0.29) is 0 Å². The van der Waals surface area contributed by atoms with Crippen LogP contribution in [0.25, 0.3) is 22.3 Å². The summed E-state index contributed by atoms with van der Waals surface area (Å²) in [7, 11) is 0. The van der Waals surface area contributed by atoms with E-state index in [1.807, 2.05) is 12.1 Å². The van der Waals surface area contributed by atoms with Crippen LogP contribution in [0.4, 0.5) is 0 Å². The normalized spacial score (nSPS) is 13.5. The van der Waals surface area contributed by atoms with Crippen LogP contribution in [-0.4, -0.2) is 19.0 Å². The smallest absolute Gasteiger partial charge is 0.217 e. The monoisotopic (exact) mass is 299 g/mol. The van der Waals surface area contributed by atoms with Crippen LogP contribution in [0, 0.1) is 0 Å². The van der Waals surface area contributed by atoms with Crippen LogP contribution in [0.2, 0.25) is 0 Å². The second-order valence-corrected chi connectivity index (χ2v) is 5.50. The summed E-state index contributed by atoms with van der Waals surface area (Å²) in [6.07, 6.45) is 0. The molecule has 23 heavy (non-hydrogen) atoms. The Morgan fingerprint density at radius 2 is 1.22 bits per heavy atom. The van der Waals surface area contributed by atoms with Gasteiger partial charge in [0, 0.05) is 0 Å². The van der Waals surface area contributed by atoms with Crippen LogP contribution in [0.3, 0.4) is 0 Å². The molecule has 1 aliphatic rings. The second-order valence-electron chi connectivity index (χ2n) is 5.50. The molecular weight excluding hydrogens is 282 g/mol. The van der Waals surface area contributed by atoms with Crippen LogP contribution in [0.1, 0.15) is 5.56 Å². The molecule has 0 N–H and O–H groups in total. The predicted octanol–water partition coefficient (Wildman–Crippen LogP) is 4.80. The topological polar surface area (TPSA) is 21.6 Å². The molecule has 0 unspecified atom stereocenters. The quantitative estimate of drug-likeness (QED) is 0.681. The molecule has 0 saturated heterocycles. The Balaban J connectivity index is 1.97. The van der Waals surface area contributed by atoms with Crippen LogP contribution < -0.4 is 0 Å². The summed E-state index contributed by atoms with van der Waals surface area (Å²) in [5, 5.41) is 0. The zero-order valence-corrected chi connectivity index (χ0v) is 12.8. The molecule has 0 atom stereocenters. The third kappa shape index (κ3) is 2.64. The first-order valence-electron chi connectivity index (χ1n) is 7.85. The van der Waals surface area contributed by atoms with E-state index in [0.717, 1.165) is 29.1 Å². The molecule has 0 bridgehead atoms. The third-order valence-corrected chi connectivity index (χ3v) is 4.03. The Labute approximate surface area is 136 Å². The lowest BCUT2D eigenvalue weighted by atomic mass is 9.91. The summed E-state index contributed by atoms with van der Waals surface area (Å²) in [6, 6.07) is 27.2. The van der Waals surface area contributed by atoms with Crippen molar-refractivity contribution >= 4 is 5.90 Å². The van der Waals surface area contributed by atoms with E-state index in [4.69, 9.17) is 4.74 Å². The molecule has 0 aromatic heterocycles. The van der Waals surface area contributed by atoms with Gasteiger partial charge in [-0.3, -0.25) is 0 Å². The standard InChI is InChI=1S/C21H17NO/c1-3-8-16(9-4-1)18-12-7-13-19(17-10-5-2-6-11-17)20(18)21-22-14-15-23-21/h1-13H,14-15H2. The van der Waals surface area contributed by atoms with Crippen LogP contribution in [0.15, 0.2) is 83.9 Å². The lowest BCUT2D eigenvalue weighted by molar-refractivity contribution is 0.348. The maximum Gasteiger partial charge on any atom is 0.217 e. The highest BCUT2D eigenvalue weighted by Gasteiger charge is 2.20. The molecule has 0 aliphatic carbocycles. The Hall–Kier alpha value is -2.87. The van der Waals surface area contributed by atoms with Crippen molar-refractivity contribution < 1.29 is 4.74 Å². The molecule has 3 aromatic carbocycles. The van der Waals surface area contributed by atoms with Crippen molar-refractivity contribution in [2.75, 3.05) is 13.2 Å². The number of ether oxygens (including phenoxy) is 1. The third-order valence-electron chi connectivity index (χ3n) is 4.03. The van der Waals surface area contributed by atoms with Crippen molar-refractivity contribution in [2.24, 2.45) is 4.99 Å². The molecule has 0 amide bonds. The zero-order valence-electron chi connectivity index (χ0n) is 12.8. The minimum absolute atomic E-state index is 0.659. The molecule has 4 rings (SSSR count). The van der Waals surface area contributed by atoms with Gasteiger partial charge in [0.05, 0.1) is 12.1 Å². The van der Waals surface area contributed by atoms with Gasteiger partial charge in [-0.15, -0.1) is 0 Å². The Kier molecular flexibility index (Phi) is 3.65. The highest BCUT2D eigenvalue weighted by Crippen LogP contribution is 2.33. The van der Waals surface area contributed by atoms with E-state index in [2.05, 4.69) is 71.7 Å². The summed E-state index contributed by atoms with van der Waals surface area (Å²) in [5.41, 5.74) is 5.76. The fourth-order valence-corrected chi connectivity index (χ4v) is 2.99. The van der Waals surface area contributed by atoms with E-state index >= 15 is 0 Å². The first-order valence-corrected chi connectivity index (χ1v) is 7.85. The van der Waals surface area contributed by atoms with Gasteiger partial charge in [-0.2, -0.15) is 0 Å². The van der Waals surface area contributed by atoms with Gasteiger partial charge in [-0.05, 0) is 22.3 Å². The van der Waals surface area contributed by atoms with Gasteiger partial charge in [-0.1, -0.05) is 78.9 Å². The van der Waals surface area contributed by atoms with Crippen molar-refractivity contribution in [3.63, 3.8) is 0 Å². The molecule has 112 valence electrons. The maximum atomic E-state index is 5.81. The SMILES string of the molecule is c1ccc(-c2cccc(-c3ccccc3)c2C2=NCCO2)cc1. The summed E-state index contributed by atoms with van der Waals surface area (Å²) < 4.78 is 5.81. The fourth-order valence-electron chi connectivity index (χ4n) is 2.99. The number of hydrogen-bond donors (Lipinski definition) is 0. The van der Waals surface area contributed by atoms with E-state index in [1.54, 1.807) is 0 Å². The van der Waals surface area contributed by atoms with Gasteiger partial charge in [0.15, 0.2) is 0 Å². The van der Waals surface area contributed by atoms with Gasteiger partial charge < -0.3 is 4.74 Å². The van der Waals surface area contributed by atoms with Crippen LogP contribution in [0.5, 0.6) is 0 Å². The molecule has 0 radical (unpaired) electrons. The van der Waals surface area contributed by atoms with Gasteiger partial charge >= 0.3 is 0 Å². The van der Waals surface area contributed by atoms with Crippen molar-refractivity contribution in [1.29, 1.82) is 0 Å². The lowest BCUT2D eigenvalue weighted by Gasteiger charge is -2.15. The van der Waals surface area contributed by atoms with Crippen molar-refractivity contribution in [1.82, 2.24) is 0 Å². The molecule has 1 heterocycles. The molecule has 3 aromatic rings. The van der Waals surface area contributed by atoms with Crippen molar-refractivity contribution in [3.05, 3.63) is 84.4 Å². The molecule has 2 nitrogen and oxygen atoms in total. The number of hydrogen-bond acceptors (Lipinski definition) is 2. The van der Waals surface area contributed by atoms with Crippen LogP contribution >= 0.6 is 0 Å². The molecule has 0 spiro atoms. The number of rotatable bonds is 3. The first kappa shape index (κ1) is 13.8. The van der Waals surface area contributed by atoms with E-state index < -0.39 is 0 Å². The Morgan fingerprint density at radius 1 is 0.652 bits per heavy atom. The Morgan fingerprint density at radius 3 is 1.70 bits per heavy atom. The molecule has 2 heteroatoms. The van der Waals surface area contributed by atoms with E-state index in [1.165, 1.54) is 11.1 Å². The van der Waals surface area contributed by atoms with Crippen molar-refractivity contribution in [3.8, 4) is 22.3 Å². The first-order chi connectivity index (χ1) is 11.4. The molecular formula is C21H17NO. The number of nitrogens with zero attached hydrogens (tertiary/aromatic N) is 1. The average Bonchev–Trinajstić information content (AvgIpc) is 3.17. The highest BCUT2D eigenvalue weighted by molar-refractivity contribution is 6.07. The molecule has 1 aliphatic heterocycles. The molecule has 0 fully saturated rings. The maximum absolute atomic E-state index is 5.81.